The van der Waals surface area contributed by atoms with Gasteiger partial charge in [0.15, 0.2) is 0 Å². The average molecular weight is 137 g/mol. The lowest BCUT2D eigenvalue weighted by Crippen LogP contribution is -2.12. The van der Waals surface area contributed by atoms with Gasteiger partial charge in [-0.3, -0.25) is 9.59 Å². The third-order valence-corrected chi connectivity index (χ3v) is 1.11. The van der Waals surface area contributed by atoms with Gasteiger partial charge in [-0.15, -0.1) is 0 Å². The summed E-state index contributed by atoms with van der Waals surface area (Å²) in [5, 5.41) is 0. The van der Waals surface area contributed by atoms with Crippen molar-refractivity contribution in [1.82, 2.24) is 4.98 Å². The fraction of sp³-hybridized carbons (Fsp3) is 0. The molecule has 0 aliphatic heterocycles. The predicted octanol–water partition coefficient (Wildman–Crippen LogP) is -0.429. The summed E-state index contributed by atoms with van der Waals surface area (Å²) in [5.41, 5.74) is 5.18. The van der Waals surface area contributed by atoms with Crippen LogP contribution in [0.4, 0.5) is 0 Å². The summed E-state index contributed by atoms with van der Waals surface area (Å²) >= 11 is 0. The first kappa shape index (κ1) is 6.54. The third kappa shape index (κ3) is 0.907. The van der Waals surface area contributed by atoms with Gasteiger partial charge in [0.2, 0.25) is 0 Å². The maximum atomic E-state index is 10.5. The van der Waals surface area contributed by atoms with Crippen molar-refractivity contribution in [1.29, 1.82) is 0 Å². The predicted molar refractivity (Wildman–Crippen MR) is 34.1 cm³/mol. The van der Waals surface area contributed by atoms with E-state index in [1.54, 1.807) is 6.29 Å². The molecule has 0 spiro atoms. The molecule has 3 N–H and O–H groups in total. The summed E-state index contributed by atoms with van der Waals surface area (Å²) in [6.45, 7) is 0. The lowest BCUT2D eigenvalue weighted by atomic mass is 10.2. The number of primary amides is 1. The molecule has 51 valence electrons. The highest BCUT2D eigenvalue weighted by atomic mass is 16.1. The molecule has 0 bridgehead atoms. The number of aromatic nitrogens is 1. The van der Waals surface area contributed by atoms with Gasteiger partial charge in [-0.25, -0.2) is 0 Å². The standard InChI is InChI=1S/C6H5N2O2/c7-6(10)4-1-2-8-5(4)3-9/h1-2,8H,(H2,7,10). The molecule has 0 fully saturated rings. The number of H-pyrrole nitrogens is 1. The zero-order valence-electron chi connectivity index (χ0n) is 5.05. The normalized spacial score (nSPS) is 9.20. The minimum absolute atomic E-state index is 0.104. The van der Waals surface area contributed by atoms with Gasteiger partial charge in [0.05, 0.1) is 5.56 Å². The highest BCUT2D eigenvalue weighted by Crippen LogP contribution is 2.01. The Balaban J connectivity index is 3.13. The van der Waals surface area contributed by atoms with Crippen LogP contribution in [-0.2, 0) is 4.79 Å². The molecule has 1 rings (SSSR count). The van der Waals surface area contributed by atoms with Crippen LogP contribution in [0, 0.1) is 0 Å². The van der Waals surface area contributed by atoms with Gasteiger partial charge in [0.1, 0.15) is 5.69 Å². The van der Waals surface area contributed by atoms with E-state index in [0.717, 1.165) is 0 Å². The zero-order valence-corrected chi connectivity index (χ0v) is 5.05. The van der Waals surface area contributed by atoms with Gasteiger partial charge >= 0.3 is 0 Å². The summed E-state index contributed by atoms with van der Waals surface area (Å²) in [7, 11) is 0. The van der Waals surface area contributed by atoms with E-state index in [9.17, 15) is 9.59 Å². The summed E-state index contributed by atoms with van der Waals surface area (Å²) < 4.78 is 0. The molecular weight excluding hydrogens is 132 g/mol. The molecular formula is C6H5N2O2. The van der Waals surface area contributed by atoms with Crippen LogP contribution in [0.1, 0.15) is 16.1 Å². The first-order chi connectivity index (χ1) is 4.75. The van der Waals surface area contributed by atoms with E-state index in [1.807, 2.05) is 0 Å². The Kier molecular flexibility index (Phi) is 1.53. The maximum absolute atomic E-state index is 10.5. The molecule has 0 atom stereocenters. The molecule has 0 unspecified atom stereocenters. The number of amides is 1. The second-order valence-corrected chi connectivity index (χ2v) is 1.73. The van der Waals surface area contributed by atoms with E-state index in [-0.39, 0.29) is 11.3 Å². The molecule has 1 heterocycles. The van der Waals surface area contributed by atoms with Crippen molar-refractivity contribution in [3.63, 3.8) is 0 Å². The van der Waals surface area contributed by atoms with E-state index in [0.29, 0.717) is 0 Å². The van der Waals surface area contributed by atoms with Gasteiger partial charge in [-0.2, -0.15) is 0 Å². The summed E-state index contributed by atoms with van der Waals surface area (Å²) in [5.74, 6) is -0.625. The highest BCUT2D eigenvalue weighted by Gasteiger charge is 2.07. The Hall–Kier alpha value is -1.58. The molecule has 0 aliphatic rings. The van der Waals surface area contributed by atoms with Crippen LogP contribution in [0.15, 0.2) is 12.3 Å². The Morgan fingerprint density at radius 1 is 1.70 bits per heavy atom. The number of nitrogens with one attached hydrogen (secondary N) is 1. The van der Waals surface area contributed by atoms with Gasteiger partial charge in [-0.1, -0.05) is 0 Å². The first-order valence-electron chi connectivity index (χ1n) is 2.61. The van der Waals surface area contributed by atoms with Crippen LogP contribution < -0.4 is 5.73 Å². The van der Waals surface area contributed by atoms with Crippen LogP contribution in [0.25, 0.3) is 0 Å². The Morgan fingerprint density at radius 2 is 2.40 bits per heavy atom. The number of hydrogen-bond donors (Lipinski definition) is 2. The second-order valence-electron chi connectivity index (χ2n) is 1.73. The number of hydrogen-bond acceptors (Lipinski definition) is 2. The number of nitrogens with two attached hydrogens (primary N) is 1. The summed E-state index contributed by atoms with van der Waals surface area (Å²) in [6, 6.07) is 1.43. The van der Waals surface area contributed by atoms with Crippen LogP contribution in [0.2, 0.25) is 0 Å². The molecule has 4 heteroatoms. The van der Waals surface area contributed by atoms with E-state index < -0.39 is 5.91 Å². The van der Waals surface area contributed by atoms with Crippen LogP contribution >= 0.6 is 0 Å². The van der Waals surface area contributed by atoms with E-state index in [4.69, 9.17) is 5.73 Å². The third-order valence-electron chi connectivity index (χ3n) is 1.11. The Labute approximate surface area is 57.0 Å². The molecule has 10 heavy (non-hydrogen) atoms. The second kappa shape index (κ2) is 2.34. The van der Waals surface area contributed by atoms with Crippen molar-refractivity contribution in [2.24, 2.45) is 5.73 Å². The van der Waals surface area contributed by atoms with Crippen LogP contribution in [0.3, 0.4) is 0 Å². The smallest absolute Gasteiger partial charge is 0.252 e. The van der Waals surface area contributed by atoms with Gasteiger partial charge in [-0.05, 0) is 6.07 Å². The highest BCUT2D eigenvalue weighted by molar-refractivity contribution is 5.99. The molecule has 0 aromatic carbocycles. The summed E-state index contributed by atoms with van der Waals surface area (Å²) in [6.07, 6.45) is 3.01. The first-order valence-corrected chi connectivity index (χ1v) is 2.61. The lowest BCUT2D eigenvalue weighted by molar-refractivity contribution is 0.1000. The van der Waals surface area contributed by atoms with Crippen molar-refractivity contribution < 1.29 is 9.59 Å². The number of rotatable bonds is 2. The molecule has 1 amide bonds. The van der Waals surface area contributed by atoms with Crippen molar-refractivity contribution >= 4 is 12.2 Å². The monoisotopic (exact) mass is 137 g/mol. The van der Waals surface area contributed by atoms with Crippen LogP contribution in [0.5, 0.6) is 0 Å². The molecule has 0 saturated heterocycles. The minimum atomic E-state index is -0.625. The molecule has 0 saturated carbocycles. The lowest BCUT2D eigenvalue weighted by Gasteiger charge is -1.86. The quantitative estimate of drug-likeness (QED) is 0.580. The SMILES string of the molecule is NC(=O)c1cc[nH]c1[C]=O. The Bertz CT molecular complexity index is 264. The fourth-order valence-corrected chi connectivity index (χ4v) is 0.659. The molecule has 1 aromatic heterocycles. The van der Waals surface area contributed by atoms with E-state index in [1.165, 1.54) is 12.3 Å². The van der Waals surface area contributed by atoms with Crippen molar-refractivity contribution in [3.05, 3.63) is 23.5 Å². The van der Waals surface area contributed by atoms with Gasteiger partial charge in [0, 0.05) is 6.20 Å². The number of carbonyl (C=O) groups excluding carboxylic acids is 2. The topological polar surface area (TPSA) is 76.0 Å². The van der Waals surface area contributed by atoms with Gasteiger partial charge in [0.25, 0.3) is 12.2 Å². The molecule has 0 aliphatic carbocycles. The molecule has 1 aromatic rings. The fourth-order valence-electron chi connectivity index (χ4n) is 0.659. The van der Waals surface area contributed by atoms with Crippen molar-refractivity contribution in [3.8, 4) is 0 Å². The zero-order chi connectivity index (χ0) is 7.56. The van der Waals surface area contributed by atoms with E-state index >= 15 is 0 Å². The number of aromatic amines is 1. The molecule has 4 nitrogen and oxygen atoms in total. The largest absolute Gasteiger partial charge is 0.366 e. The van der Waals surface area contributed by atoms with Gasteiger partial charge < -0.3 is 10.7 Å². The van der Waals surface area contributed by atoms with Crippen molar-refractivity contribution in [2.75, 3.05) is 0 Å². The molecule has 1 radical (unpaired) electrons. The summed E-state index contributed by atoms with van der Waals surface area (Å²) in [4.78, 5) is 23.0. The average Bonchev–Trinajstić information content (AvgIpc) is 2.33. The number of carbonyl (C=O) groups is 1. The van der Waals surface area contributed by atoms with Crippen LogP contribution in [-0.4, -0.2) is 17.2 Å². The Morgan fingerprint density at radius 3 is 2.80 bits per heavy atom. The minimum Gasteiger partial charge on any atom is -0.366 e. The maximum Gasteiger partial charge on any atom is 0.252 e. The van der Waals surface area contributed by atoms with E-state index in [2.05, 4.69) is 4.98 Å². The van der Waals surface area contributed by atoms with Crippen molar-refractivity contribution in [2.45, 2.75) is 0 Å².